The molecule has 0 aliphatic carbocycles. The summed E-state index contributed by atoms with van der Waals surface area (Å²) in [4.78, 5) is 4.81. The van der Waals surface area contributed by atoms with Gasteiger partial charge in [0.2, 0.25) is 5.28 Å². The van der Waals surface area contributed by atoms with Crippen LogP contribution in [-0.4, -0.2) is 40.8 Å². The number of aliphatic hydroxyl groups excluding tert-OH is 1. The lowest BCUT2D eigenvalue weighted by Gasteiger charge is -2.27. The molecule has 82 valence electrons. The fourth-order valence-electron chi connectivity index (χ4n) is 1.47. The van der Waals surface area contributed by atoms with E-state index < -0.39 is 0 Å². The van der Waals surface area contributed by atoms with E-state index in [9.17, 15) is 5.21 Å². The second kappa shape index (κ2) is 5.87. The molecule has 1 rings (SSSR count). The lowest BCUT2D eigenvalue weighted by molar-refractivity contribution is -0.713. The first-order valence-corrected chi connectivity index (χ1v) is 5.03. The number of nitrogens with zero attached hydrogens (tertiary/aromatic N) is 3. The fourth-order valence-corrected chi connectivity index (χ4v) is 1.51. The van der Waals surface area contributed by atoms with Crippen LogP contribution in [0.3, 0.4) is 0 Å². The van der Waals surface area contributed by atoms with Gasteiger partial charge in [0.25, 0.3) is 0 Å². The number of aliphatic hydroxyl groups is 1. The van der Waals surface area contributed by atoms with Crippen LogP contribution >= 0.6 is 11.6 Å². The van der Waals surface area contributed by atoms with Gasteiger partial charge in [-0.2, -0.15) is 0 Å². The second-order valence-corrected chi connectivity index (χ2v) is 3.39. The Bertz CT molecular complexity index is 203. The van der Waals surface area contributed by atoms with Crippen LogP contribution in [0.25, 0.3) is 0 Å². The van der Waals surface area contributed by atoms with E-state index in [1.165, 1.54) is 5.01 Å². The molecule has 0 aromatic rings. The lowest BCUT2D eigenvalue weighted by Crippen LogP contribution is -2.40. The molecular weight excluding hydrogens is 210 g/mol. The molecule has 1 N–H and O–H groups in total. The molecule has 0 aromatic heterocycles. The van der Waals surface area contributed by atoms with Gasteiger partial charge in [0.05, 0.1) is 18.1 Å². The number of piperidine rings is 1. The maximum absolute atomic E-state index is 11.2. The van der Waals surface area contributed by atoms with Crippen molar-refractivity contribution in [1.82, 2.24) is 5.01 Å². The summed E-state index contributed by atoms with van der Waals surface area (Å²) in [5.41, 5.74) is 0. The maximum atomic E-state index is 11.2. The third-order valence-electron chi connectivity index (χ3n) is 2.17. The van der Waals surface area contributed by atoms with Crippen LogP contribution in [0.15, 0.2) is 5.28 Å². The molecule has 0 radical (unpaired) electrons. The standard InChI is InChI=1S/C7H14ClN3O3/c8-6-14-9-11(13)10-3-1-2-7(4-10)5-12/h7,12H,1-6H2/b11-9-. The topological polar surface area (TPSA) is 71.1 Å². The molecule has 0 spiro atoms. The molecule has 7 heteroatoms. The van der Waals surface area contributed by atoms with Crippen LogP contribution in [0.2, 0.25) is 0 Å². The molecular formula is C7H14ClN3O3. The molecule has 1 unspecified atom stereocenters. The van der Waals surface area contributed by atoms with Gasteiger partial charge in [-0.3, -0.25) is 0 Å². The molecule has 1 atom stereocenters. The second-order valence-electron chi connectivity index (χ2n) is 3.18. The van der Waals surface area contributed by atoms with Crippen molar-refractivity contribution in [3.05, 3.63) is 5.21 Å². The number of halogens is 1. The van der Waals surface area contributed by atoms with Crippen LogP contribution < -0.4 is 0 Å². The number of hydrazine groups is 1. The molecule has 1 heterocycles. The highest BCUT2D eigenvalue weighted by molar-refractivity contribution is 6.17. The molecule has 0 amide bonds. The third-order valence-corrected chi connectivity index (χ3v) is 2.27. The summed E-state index contributed by atoms with van der Waals surface area (Å²) in [6, 6.07) is -0.143. The van der Waals surface area contributed by atoms with Gasteiger partial charge >= 0.3 is 0 Å². The van der Waals surface area contributed by atoms with Crippen molar-refractivity contribution in [3.63, 3.8) is 0 Å². The van der Waals surface area contributed by atoms with Gasteiger partial charge in [-0.15, -0.1) is 5.01 Å². The van der Waals surface area contributed by atoms with Gasteiger partial charge in [-0.05, 0) is 12.8 Å². The Morgan fingerprint density at radius 3 is 3.14 bits per heavy atom. The normalized spacial score (nSPS) is 23.7. The first-order valence-electron chi connectivity index (χ1n) is 4.49. The van der Waals surface area contributed by atoms with Crippen molar-refractivity contribution < 1.29 is 14.9 Å². The number of hydrogen-bond donors (Lipinski definition) is 1. The predicted octanol–water partition coefficient (Wildman–Crippen LogP) is 0.696. The summed E-state index contributed by atoms with van der Waals surface area (Å²) in [5.74, 6) is 0.145. The molecule has 0 aromatic carbocycles. The van der Waals surface area contributed by atoms with Crippen molar-refractivity contribution in [2.75, 3.05) is 25.8 Å². The number of alkyl halides is 1. The van der Waals surface area contributed by atoms with Crippen molar-refractivity contribution >= 4 is 11.6 Å². The molecule has 14 heavy (non-hydrogen) atoms. The monoisotopic (exact) mass is 223 g/mol. The Morgan fingerprint density at radius 1 is 1.71 bits per heavy atom. The number of hydrogen-bond acceptors (Lipinski definition) is 4. The zero-order valence-electron chi connectivity index (χ0n) is 7.80. The minimum atomic E-state index is -0.143. The van der Waals surface area contributed by atoms with Crippen molar-refractivity contribution in [2.24, 2.45) is 11.2 Å². The lowest BCUT2D eigenvalue weighted by atomic mass is 10.0. The minimum absolute atomic E-state index is 0.0979. The molecule has 1 aliphatic heterocycles. The average molecular weight is 224 g/mol. The first-order chi connectivity index (χ1) is 6.77. The smallest absolute Gasteiger partial charge is 0.234 e. The van der Waals surface area contributed by atoms with Crippen LogP contribution in [0.1, 0.15) is 12.8 Å². The van der Waals surface area contributed by atoms with Gasteiger partial charge in [0, 0.05) is 12.5 Å². The van der Waals surface area contributed by atoms with Gasteiger partial charge in [0.1, 0.15) is 0 Å². The van der Waals surface area contributed by atoms with E-state index in [1.807, 2.05) is 0 Å². The Balaban J connectivity index is 2.42. The van der Waals surface area contributed by atoms with E-state index in [-0.39, 0.29) is 18.6 Å². The minimum Gasteiger partial charge on any atom is -0.569 e. The average Bonchev–Trinajstić information content (AvgIpc) is 2.26. The highest BCUT2D eigenvalue weighted by atomic mass is 35.5. The van der Waals surface area contributed by atoms with Crippen LogP contribution in [0, 0.1) is 11.1 Å². The summed E-state index contributed by atoms with van der Waals surface area (Å²) in [6.45, 7) is 1.24. The Labute approximate surface area is 87.2 Å². The zero-order chi connectivity index (χ0) is 10.4. The Morgan fingerprint density at radius 2 is 2.50 bits per heavy atom. The Hall–Kier alpha value is -0.750. The van der Waals surface area contributed by atoms with Gasteiger partial charge in [-0.1, -0.05) is 11.6 Å². The van der Waals surface area contributed by atoms with Crippen LogP contribution in [0.4, 0.5) is 0 Å². The highest BCUT2D eigenvalue weighted by Gasteiger charge is 2.24. The quantitative estimate of drug-likeness (QED) is 0.330. The SMILES string of the molecule is [O-]/[N+](=N\OCCl)N1CCCC(CO)C1. The van der Waals surface area contributed by atoms with E-state index in [4.69, 9.17) is 16.7 Å². The van der Waals surface area contributed by atoms with Crippen LogP contribution in [0.5, 0.6) is 0 Å². The van der Waals surface area contributed by atoms with E-state index in [0.29, 0.717) is 18.1 Å². The maximum Gasteiger partial charge on any atom is 0.234 e. The Kier molecular flexibility index (Phi) is 4.75. The van der Waals surface area contributed by atoms with Gasteiger partial charge in [0.15, 0.2) is 6.07 Å². The van der Waals surface area contributed by atoms with E-state index in [0.717, 1.165) is 12.8 Å². The molecule has 0 saturated carbocycles. The summed E-state index contributed by atoms with van der Waals surface area (Å²) in [5, 5.41) is 24.9. The van der Waals surface area contributed by atoms with Gasteiger partial charge < -0.3 is 15.2 Å². The zero-order valence-corrected chi connectivity index (χ0v) is 8.56. The summed E-state index contributed by atoms with van der Waals surface area (Å²) >= 11 is 5.20. The largest absolute Gasteiger partial charge is 0.569 e. The van der Waals surface area contributed by atoms with Gasteiger partial charge in [-0.25, -0.2) is 0 Å². The molecule has 1 aliphatic rings. The molecule has 1 fully saturated rings. The summed E-state index contributed by atoms with van der Waals surface area (Å²) < 4.78 is 0. The predicted molar refractivity (Wildman–Crippen MR) is 49.2 cm³/mol. The van der Waals surface area contributed by atoms with E-state index in [1.54, 1.807) is 0 Å². The fraction of sp³-hybridized carbons (Fsp3) is 1.00. The van der Waals surface area contributed by atoms with E-state index in [2.05, 4.69) is 10.1 Å². The molecule has 6 nitrogen and oxygen atoms in total. The van der Waals surface area contributed by atoms with E-state index >= 15 is 0 Å². The summed E-state index contributed by atoms with van der Waals surface area (Å²) in [7, 11) is 0. The highest BCUT2D eigenvalue weighted by Crippen LogP contribution is 2.15. The number of rotatable bonds is 4. The first kappa shape index (κ1) is 11.3. The third kappa shape index (κ3) is 3.19. The summed E-state index contributed by atoms with van der Waals surface area (Å²) in [6.07, 6.45) is 1.82. The molecule has 0 bridgehead atoms. The van der Waals surface area contributed by atoms with Crippen molar-refractivity contribution in [3.8, 4) is 0 Å². The van der Waals surface area contributed by atoms with Crippen molar-refractivity contribution in [1.29, 1.82) is 0 Å². The van der Waals surface area contributed by atoms with Crippen LogP contribution in [-0.2, 0) is 4.84 Å². The van der Waals surface area contributed by atoms with Crippen molar-refractivity contribution in [2.45, 2.75) is 12.8 Å². The molecule has 1 saturated heterocycles.